The highest BCUT2D eigenvalue weighted by atomic mass is 19.4. The van der Waals surface area contributed by atoms with Gasteiger partial charge in [-0.05, 0) is 30.7 Å². The van der Waals surface area contributed by atoms with Crippen molar-refractivity contribution in [1.82, 2.24) is 10.3 Å². The van der Waals surface area contributed by atoms with E-state index in [1.165, 1.54) is 7.05 Å². The summed E-state index contributed by atoms with van der Waals surface area (Å²) in [5, 5.41) is 3.16. The van der Waals surface area contributed by atoms with Crippen LogP contribution < -0.4 is 10.2 Å². The van der Waals surface area contributed by atoms with Gasteiger partial charge in [-0.1, -0.05) is 13.8 Å². The summed E-state index contributed by atoms with van der Waals surface area (Å²) >= 11 is 0. The number of hydrogen-bond donors (Lipinski definition) is 1. The summed E-state index contributed by atoms with van der Waals surface area (Å²) in [5.74, 6) is 0.365. The summed E-state index contributed by atoms with van der Waals surface area (Å²) < 4.78 is 37.2. The second-order valence-electron chi connectivity index (χ2n) is 4.43. The number of halogens is 3. The van der Waals surface area contributed by atoms with Crippen LogP contribution in [0, 0.1) is 0 Å². The van der Waals surface area contributed by atoms with Gasteiger partial charge in [0.1, 0.15) is 12.4 Å². The summed E-state index contributed by atoms with van der Waals surface area (Å²) in [6, 6.07) is 3.63. The third-order valence-corrected chi connectivity index (χ3v) is 2.67. The smallest absolute Gasteiger partial charge is 0.351 e. The van der Waals surface area contributed by atoms with Crippen molar-refractivity contribution in [2.24, 2.45) is 0 Å². The zero-order valence-corrected chi connectivity index (χ0v) is 11.5. The van der Waals surface area contributed by atoms with Gasteiger partial charge in [0.2, 0.25) is 0 Å². The number of hydrogen-bond acceptors (Lipinski definition) is 3. The van der Waals surface area contributed by atoms with Crippen molar-refractivity contribution >= 4 is 5.82 Å². The average Bonchev–Trinajstić information content (AvgIpc) is 2.33. The minimum atomic E-state index is -4.22. The molecule has 1 heterocycles. The number of nitrogens with one attached hydrogen (secondary N) is 1. The van der Waals surface area contributed by atoms with E-state index in [2.05, 4.69) is 10.3 Å². The molecule has 0 aliphatic carbocycles. The molecule has 1 rings (SSSR count). The van der Waals surface area contributed by atoms with Crippen LogP contribution in [0.15, 0.2) is 12.1 Å². The van der Waals surface area contributed by atoms with E-state index in [-0.39, 0.29) is 0 Å². The third kappa shape index (κ3) is 5.46. The fourth-order valence-electron chi connectivity index (χ4n) is 1.73. The molecule has 3 nitrogen and oxygen atoms in total. The van der Waals surface area contributed by atoms with Crippen molar-refractivity contribution in [3.8, 4) is 0 Å². The zero-order chi connectivity index (χ0) is 14.5. The Morgan fingerprint density at radius 2 is 1.95 bits per heavy atom. The van der Waals surface area contributed by atoms with Crippen LogP contribution >= 0.6 is 0 Å². The Morgan fingerprint density at radius 3 is 2.47 bits per heavy atom. The molecule has 0 radical (unpaired) electrons. The third-order valence-electron chi connectivity index (χ3n) is 2.67. The second-order valence-corrected chi connectivity index (χ2v) is 4.43. The topological polar surface area (TPSA) is 28.2 Å². The molecular formula is C13H20F3N3. The number of pyridine rings is 1. The van der Waals surface area contributed by atoms with Gasteiger partial charge < -0.3 is 10.2 Å². The van der Waals surface area contributed by atoms with E-state index in [1.807, 2.05) is 19.9 Å². The number of alkyl halides is 3. The molecule has 0 aliphatic heterocycles. The lowest BCUT2D eigenvalue weighted by atomic mass is 10.2. The fraction of sp³-hybridized carbons (Fsp3) is 0.615. The van der Waals surface area contributed by atoms with Crippen molar-refractivity contribution < 1.29 is 13.2 Å². The molecule has 19 heavy (non-hydrogen) atoms. The van der Waals surface area contributed by atoms with Gasteiger partial charge in [-0.15, -0.1) is 0 Å². The van der Waals surface area contributed by atoms with E-state index in [0.717, 1.165) is 22.7 Å². The van der Waals surface area contributed by atoms with Crippen molar-refractivity contribution in [3.05, 3.63) is 23.4 Å². The fourth-order valence-corrected chi connectivity index (χ4v) is 1.73. The maximum Gasteiger partial charge on any atom is 0.405 e. The molecule has 1 N–H and O–H groups in total. The Kier molecular flexibility index (Phi) is 5.60. The highest BCUT2D eigenvalue weighted by molar-refractivity contribution is 5.42. The summed E-state index contributed by atoms with van der Waals surface area (Å²) in [5.41, 5.74) is 1.76. The van der Waals surface area contributed by atoms with E-state index in [4.69, 9.17) is 0 Å². The second kappa shape index (κ2) is 6.75. The number of aromatic nitrogens is 1. The molecule has 0 fully saturated rings. The van der Waals surface area contributed by atoms with Gasteiger partial charge in [-0.2, -0.15) is 13.2 Å². The van der Waals surface area contributed by atoms with Gasteiger partial charge in [0, 0.05) is 19.3 Å². The predicted molar refractivity (Wildman–Crippen MR) is 70.3 cm³/mol. The van der Waals surface area contributed by atoms with Crippen LogP contribution in [-0.2, 0) is 13.0 Å². The van der Waals surface area contributed by atoms with Crippen LogP contribution in [0.2, 0.25) is 0 Å². The van der Waals surface area contributed by atoms with Gasteiger partial charge in [0.15, 0.2) is 0 Å². The highest BCUT2D eigenvalue weighted by Crippen LogP contribution is 2.21. The van der Waals surface area contributed by atoms with Gasteiger partial charge in [-0.25, -0.2) is 4.98 Å². The van der Waals surface area contributed by atoms with E-state index in [1.54, 1.807) is 6.07 Å². The monoisotopic (exact) mass is 275 g/mol. The summed E-state index contributed by atoms with van der Waals surface area (Å²) in [6.07, 6.45) is -3.52. The molecule has 0 saturated carbocycles. The summed E-state index contributed by atoms with van der Waals surface area (Å²) in [6.45, 7) is 4.38. The van der Waals surface area contributed by atoms with Crippen LogP contribution in [0.4, 0.5) is 19.0 Å². The minimum Gasteiger partial charge on any atom is -0.351 e. The van der Waals surface area contributed by atoms with Gasteiger partial charge in [0.05, 0.1) is 0 Å². The molecule has 0 spiro atoms. The van der Waals surface area contributed by atoms with Gasteiger partial charge in [0.25, 0.3) is 0 Å². The Labute approximate surface area is 111 Å². The number of nitrogens with zero attached hydrogens (tertiary/aromatic N) is 2. The zero-order valence-electron chi connectivity index (χ0n) is 11.5. The first kappa shape index (κ1) is 15.8. The molecular weight excluding hydrogens is 255 g/mol. The normalized spacial score (nSPS) is 11.7. The van der Waals surface area contributed by atoms with Gasteiger partial charge >= 0.3 is 6.18 Å². The SMILES string of the molecule is CCNCc1cc(CC)nc(N(C)CC(F)(F)F)c1. The maximum absolute atomic E-state index is 12.4. The molecule has 1 aromatic rings. The van der Waals surface area contributed by atoms with E-state index < -0.39 is 12.7 Å². The molecule has 0 atom stereocenters. The largest absolute Gasteiger partial charge is 0.405 e. The first-order valence-electron chi connectivity index (χ1n) is 6.34. The lowest BCUT2D eigenvalue weighted by Gasteiger charge is -2.21. The Morgan fingerprint density at radius 1 is 1.26 bits per heavy atom. The maximum atomic E-state index is 12.4. The van der Waals surface area contributed by atoms with E-state index in [9.17, 15) is 13.2 Å². The van der Waals surface area contributed by atoms with Crippen LogP contribution in [0.25, 0.3) is 0 Å². The molecule has 1 aromatic heterocycles. The molecule has 0 bridgehead atoms. The number of rotatable bonds is 6. The quantitative estimate of drug-likeness (QED) is 0.865. The first-order valence-corrected chi connectivity index (χ1v) is 6.34. The van der Waals surface area contributed by atoms with Crippen LogP contribution in [0.5, 0.6) is 0 Å². The molecule has 0 unspecified atom stereocenters. The number of aryl methyl sites for hydroxylation is 1. The van der Waals surface area contributed by atoms with E-state index in [0.29, 0.717) is 18.8 Å². The molecule has 108 valence electrons. The molecule has 0 aromatic carbocycles. The van der Waals surface area contributed by atoms with Gasteiger partial charge in [-0.3, -0.25) is 0 Å². The molecule has 6 heteroatoms. The van der Waals surface area contributed by atoms with Crippen molar-refractivity contribution in [2.45, 2.75) is 33.0 Å². The van der Waals surface area contributed by atoms with Crippen molar-refractivity contribution in [3.63, 3.8) is 0 Å². The molecule has 0 saturated heterocycles. The van der Waals surface area contributed by atoms with E-state index >= 15 is 0 Å². The predicted octanol–water partition coefficient (Wildman–Crippen LogP) is 2.75. The number of anilines is 1. The van der Waals surface area contributed by atoms with Crippen LogP contribution in [0.3, 0.4) is 0 Å². The first-order chi connectivity index (χ1) is 8.85. The Hall–Kier alpha value is -1.30. The Balaban J connectivity index is 2.92. The van der Waals surface area contributed by atoms with Crippen LogP contribution in [-0.4, -0.2) is 31.3 Å². The standard InChI is InChI=1S/C13H20F3N3/c1-4-11-6-10(8-17-5-2)7-12(18-11)19(3)9-13(14,15)16/h6-7,17H,4-5,8-9H2,1-3H3. The van der Waals surface area contributed by atoms with Crippen LogP contribution in [0.1, 0.15) is 25.1 Å². The highest BCUT2D eigenvalue weighted by Gasteiger charge is 2.29. The van der Waals surface area contributed by atoms with Crippen molar-refractivity contribution in [2.75, 3.05) is 25.0 Å². The summed E-state index contributed by atoms with van der Waals surface area (Å²) in [4.78, 5) is 5.38. The van der Waals surface area contributed by atoms with Crippen molar-refractivity contribution in [1.29, 1.82) is 0 Å². The minimum absolute atomic E-state index is 0.365. The lowest BCUT2D eigenvalue weighted by Crippen LogP contribution is -2.31. The average molecular weight is 275 g/mol. The summed E-state index contributed by atoms with van der Waals surface area (Å²) in [7, 11) is 1.41. The Bertz CT molecular complexity index is 405. The molecule has 0 amide bonds. The lowest BCUT2D eigenvalue weighted by molar-refractivity contribution is -0.119. The molecule has 0 aliphatic rings.